The third kappa shape index (κ3) is 3.45. The van der Waals surface area contributed by atoms with Crippen LogP contribution >= 0.6 is 0 Å². The number of aryl methyl sites for hydroxylation is 1. The number of benzene rings is 1. The van der Waals surface area contributed by atoms with Gasteiger partial charge >= 0.3 is 6.18 Å². The molecule has 1 atom stereocenters. The quantitative estimate of drug-likeness (QED) is 0.662. The summed E-state index contributed by atoms with van der Waals surface area (Å²) in [6.07, 6.45) is -4.46. The Morgan fingerprint density at radius 2 is 2.10 bits per heavy atom. The predicted octanol–water partition coefficient (Wildman–Crippen LogP) is 4.13. The van der Waals surface area contributed by atoms with E-state index in [2.05, 4.69) is 10.2 Å². The molecule has 1 aliphatic rings. The number of alkyl halides is 3. The highest BCUT2D eigenvalue weighted by atomic mass is 19.4. The molecule has 154 valence electrons. The van der Waals surface area contributed by atoms with Crippen LogP contribution in [0.15, 0.2) is 52.3 Å². The minimum Gasteiger partial charge on any atom is -0.486 e. The monoisotopic (exact) mass is 416 g/mol. The SMILES string of the molecule is Cc1[nH]nc2c1C(c1ccc(COc3cccc(C(F)(F)F)c3)o1)C(C#N)=C(N)O2. The first-order chi connectivity index (χ1) is 14.3. The van der Waals surface area contributed by atoms with E-state index in [1.54, 1.807) is 19.1 Å². The Hall–Kier alpha value is -3.87. The second kappa shape index (κ2) is 7.18. The molecule has 4 rings (SSSR count). The van der Waals surface area contributed by atoms with Gasteiger partial charge in [-0.3, -0.25) is 5.10 Å². The number of rotatable bonds is 4. The first-order valence-electron chi connectivity index (χ1n) is 8.79. The van der Waals surface area contributed by atoms with Crippen molar-refractivity contribution in [3.05, 3.63) is 76.2 Å². The average Bonchev–Trinajstić information content (AvgIpc) is 3.32. The molecule has 1 aliphatic heterocycles. The van der Waals surface area contributed by atoms with Gasteiger partial charge in [-0.25, -0.2) is 0 Å². The molecule has 0 spiro atoms. The topological polar surface area (TPSA) is 110 Å². The molecule has 2 aromatic heterocycles. The van der Waals surface area contributed by atoms with E-state index in [1.165, 1.54) is 12.1 Å². The fourth-order valence-electron chi connectivity index (χ4n) is 3.23. The summed E-state index contributed by atoms with van der Waals surface area (Å²) in [5.41, 5.74) is 6.54. The number of H-pyrrole nitrogens is 1. The highest BCUT2D eigenvalue weighted by Gasteiger charge is 2.36. The van der Waals surface area contributed by atoms with Crippen molar-refractivity contribution in [3.8, 4) is 17.7 Å². The van der Waals surface area contributed by atoms with Crippen molar-refractivity contribution in [3.63, 3.8) is 0 Å². The maximum Gasteiger partial charge on any atom is 0.416 e. The Kier molecular flexibility index (Phi) is 4.66. The Balaban J connectivity index is 1.58. The third-order valence-electron chi connectivity index (χ3n) is 4.64. The normalized spacial score (nSPS) is 16.0. The van der Waals surface area contributed by atoms with Crippen LogP contribution in [0.2, 0.25) is 0 Å². The van der Waals surface area contributed by atoms with Crippen molar-refractivity contribution in [2.24, 2.45) is 5.73 Å². The number of nitrogens with two attached hydrogens (primary N) is 1. The first-order valence-corrected chi connectivity index (χ1v) is 8.79. The average molecular weight is 416 g/mol. The Morgan fingerprint density at radius 1 is 1.30 bits per heavy atom. The number of nitrogens with one attached hydrogen (secondary N) is 1. The summed E-state index contributed by atoms with van der Waals surface area (Å²) < 4.78 is 55.2. The minimum atomic E-state index is -4.46. The summed E-state index contributed by atoms with van der Waals surface area (Å²) in [4.78, 5) is 0. The smallest absolute Gasteiger partial charge is 0.416 e. The van der Waals surface area contributed by atoms with E-state index in [1.807, 2.05) is 6.07 Å². The first kappa shape index (κ1) is 19.4. The summed E-state index contributed by atoms with van der Waals surface area (Å²) in [7, 11) is 0. The zero-order valence-corrected chi connectivity index (χ0v) is 15.6. The van der Waals surface area contributed by atoms with Gasteiger partial charge in [-0.15, -0.1) is 5.10 Å². The van der Waals surface area contributed by atoms with E-state index in [0.717, 1.165) is 12.1 Å². The van der Waals surface area contributed by atoms with Gasteiger partial charge in [0.1, 0.15) is 35.5 Å². The van der Waals surface area contributed by atoms with Crippen molar-refractivity contribution in [2.75, 3.05) is 0 Å². The van der Waals surface area contributed by atoms with E-state index in [4.69, 9.17) is 19.6 Å². The molecule has 0 aliphatic carbocycles. The van der Waals surface area contributed by atoms with Crippen molar-refractivity contribution in [1.29, 1.82) is 5.26 Å². The van der Waals surface area contributed by atoms with Gasteiger partial charge in [-0.1, -0.05) is 6.07 Å². The molecule has 1 unspecified atom stereocenters. The van der Waals surface area contributed by atoms with Crippen LogP contribution in [0.1, 0.15) is 34.3 Å². The van der Waals surface area contributed by atoms with Gasteiger partial charge in [-0.05, 0) is 37.3 Å². The van der Waals surface area contributed by atoms with Crippen LogP contribution in [0, 0.1) is 18.3 Å². The number of nitrogens with zero attached hydrogens (tertiary/aromatic N) is 2. The molecule has 0 amide bonds. The number of furan rings is 1. The van der Waals surface area contributed by atoms with Gasteiger partial charge < -0.3 is 19.6 Å². The lowest BCUT2D eigenvalue weighted by atomic mass is 9.88. The van der Waals surface area contributed by atoms with Crippen LogP contribution in [-0.4, -0.2) is 10.2 Å². The number of hydrogen-bond donors (Lipinski definition) is 2. The number of hydrogen-bond acceptors (Lipinski definition) is 6. The van der Waals surface area contributed by atoms with Gasteiger partial charge in [0.05, 0.1) is 17.0 Å². The highest BCUT2D eigenvalue weighted by molar-refractivity contribution is 5.53. The number of ether oxygens (including phenoxy) is 2. The standard InChI is InChI=1S/C20H15F3N4O3/c1-10-16-17(14(8-24)18(25)30-19(16)27-26-10)15-6-5-13(29-15)9-28-12-4-2-3-11(7-12)20(21,22)23/h2-7,17H,9,25H2,1H3,(H,26,27). The number of nitriles is 1. The van der Waals surface area contributed by atoms with Crippen LogP contribution in [0.4, 0.5) is 13.2 Å². The fraction of sp³-hybridized carbons (Fsp3) is 0.200. The summed E-state index contributed by atoms with van der Waals surface area (Å²) in [5.74, 6) is 0.397. The Bertz CT molecular complexity index is 1170. The number of halogens is 3. The molecule has 3 heterocycles. The maximum absolute atomic E-state index is 12.8. The zero-order valence-electron chi connectivity index (χ0n) is 15.6. The van der Waals surface area contributed by atoms with E-state index < -0.39 is 17.7 Å². The van der Waals surface area contributed by atoms with Gasteiger partial charge in [-0.2, -0.15) is 18.4 Å². The van der Waals surface area contributed by atoms with Crippen molar-refractivity contribution in [2.45, 2.75) is 25.6 Å². The molecule has 3 N–H and O–H groups in total. The molecule has 0 bridgehead atoms. The molecule has 1 aromatic carbocycles. The second-order valence-corrected chi connectivity index (χ2v) is 6.61. The lowest BCUT2D eigenvalue weighted by molar-refractivity contribution is -0.137. The predicted molar refractivity (Wildman–Crippen MR) is 97.1 cm³/mol. The van der Waals surface area contributed by atoms with Gasteiger partial charge in [0.2, 0.25) is 11.8 Å². The number of aromatic amines is 1. The molecule has 7 nitrogen and oxygen atoms in total. The number of allylic oxidation sites excluding steroid dienone is 1. The minimum absolute atomic E-state index is 0.0589. The summed E-state index contributed by atoms with van der Waals surface area (Å²) in [5, 5.41) is 16.4. The molecular formula is C20H15F3N4O3. The van der Waals surface area contributed by atoms with Crippen LogP contribution in [0.25, 0.3) is 0 Å². The van der Waals surface area contributed by atoms with Gasteiger partial charge in [0.25, 0.3) is 0 Å². The molecular weight excluding hydrogens is 401 g/mol. The third-order valence-corrected chi connectivity index (χ3v) is 4.64. The summed E-state index contributed by atoms with van der Waals surface area (Å²) in [6, 6.07) is 9.89. The lowest BCUT2D eigenvalue weighted by Gasteiger charge is -2.21. The molecule has 30 heavy (non-hydrogen) atoms. The number of aromatic nitrogens is 2. The Labute approximate surface area is 168 Å². The Morgan fingerprint density at radius 3 is 2.83 bits per heavy atom. The van der Waals surface area contributed by atoms with Crippen LogP contribution < -0.4 is 15.2 Å². The van der Waals surface area contributed by atoms with Crippen molar-refractivity contribution in [1.82, 2.24) is 10.2 Å². The van der Waals surface area contributed by atoms with Crippen LogP contribution in [0.3, 0.4) is 0 Å². The van der Waals surface area contributed by atoms with Crippen LogP contribution in [-0.2, 0) is 12.8 Å². The van der Waals surface area contributed by atoms with E-state index in [-0.39, 0.29) is 29.7 Å². The van der Waals surface area contributed by atoms with Crippen LogP contribution in [0.5, 0.6) is 11.6 Å². The van der Waals surface area contributed by atoms with E-state index in [9.17, 15) is 18.4 Å². The molecule has 0 radical (unpaired) electrons. The fourth-order valence-corrected chi connectivity index (χ4v) is 3.23. The molecule has 0 saturated heterocycles. The van der Waals surface area contributed by atoms with E-state index in [0.29, 0.717) is 22.8 Å². The molecule has 3 aromatic rings. The summed E-state index contributed by atoms with van der Waals surface area (Å²) in [6.45, 7) is 1.68. The lowest BCUT2D eigenvalue weighted by Crippen LogP contribution is -2.20. The largest absolute Gasteiger partial charge is 0.486 e. The van der Waals surface area contributed by atoms with Crippen molar-refractivity contribution >= 4 is 0 Å². The maximum atomic E-state index is 12.8. The molecule has 0 fully saturated rings. The second-order valence-electron chi connectivity index (χ2n) is 6.61. The zero-order chi connectivity index (χ0) is 21.5. The number of fused-ring (bicyclic) bond motifs is 1. The highest BCUT2D eigenvalue weighted by Crippen LogP contribution is 2.43. The summed E-state index contributed by atoms with van der Waals surface area (Å²) >= 11 is 0. The van der Waals surface area contributed by atoms with Gasteiger partial charge in [0.15, 0.2) is 0 Å². The molecule has 0 saturated carbocycles. The molecule has 10 heteroatoms. The van der Waals surface area contributed by atoms with E-state index >= 15 is 0 Å². The van der Waals surface area contributed by atoms with Crippen molar-refractivity contribution < 1.29 is 27.1 Å². The van der Waals surface area contributed by atoms with Gasteiger partial charge in [0, 0.05) is 5.69 Å².